The first-order valence-electron chi connectivity index (χ1n) is 8.88. The number of nitrogens with zero attached hydrogens (tertiary/aromatic N) is 2. The fraction of sp³-hybridized carbons (Fsp3) is 0.421. The number of amides is 1. The number of benzene rings is 1. The zero-order valence-electron chi connectivity index (χ0n) is 15.5. The Balaban J connectivity index is 1.62. The number of aromatic amines is 1. The van der Waals surface area contributed by atoms with Gasteiger partial charge < -0.3 is 19.7 Å². The molecule has 1 aromatic carbocycles. The van der Waals surface area contributed by atoms with E-state index in [9.17, 15) is 9.59 Å². The highest BCUT2D eigenvalue weighted by Crippen LogP contribution is 2.24. The van der Waals surface area contributed by atoms with Crippen molar-refractivity contribution < 1.29 is 14.3 Å². The number of rotatable bonds is 6. The molecular formula is C19H24N4O4. The molecule has 8 heteroatoms. The molecule has 2 aromatic rings. The molecule has 2 N–H and O–H groups in total. The summed E-state index contributed by atoms with van der Waals surface area (Å²) in [6, 6.07) is 7.05. The molecule has 0 saturated carbocycles. The van der Waals surface area contributed by atoms with Crippen molar-refractivity contribution in [3.05, 3.63) is 46.4 Å². The van der Waals surface area contributed by atoms with E-state index in [1.165, 1.54) is 6.07 Å². The number of methoxy groups -OCH3 is 2. The summed E-state index contributed by atoms with van der Waals surface area (Å²) in [6.07, 6.45) is 3.32. The number of nitrogens with one attached hydrogen (secondary N) is 2. The predicted octanol–water partition coefficient (Wildman–Crippen LogP) is 1.32. The molecule has 1 saturated heterocycles. The number of aromatic nitrogens is 2. The molecule has 8 nitrogen and oxygen atoms in total. The molecule has 1 fully saturated rings. The van der Waals surface area contributed by atoms with Crippen LogP contribution in [0.3, 0.4) is 0 Å². The first-order chi connectivity index (χ1) is 13.1. The Morgan fingerprint density at radius 1 is 1.26 bits per heavy atom. The molecule has 1 aromatic heterocycles. The first-order valence-corrected chi connectivity index (χ1v) is 8.88. The van der Waals surface area contributed by atoms with Crippen LogP contribution >= 0.6 is 0 Å². The topological polar surface area (TPSA) is 96.5 Å². The minimum atomic E-state index is -0.244. The van der Waals surface area contributed by atoms with E-state index in [1.54, 1.807) is 26.5 Å². The van der Waals surface area contributed by atoms with E-state index in [1.807, 2.05) is 17.0 Å². The molecule has 3 rings (SSSR count). The third-order valence-electron chi connectivity index (χ3n) is 4.69. The monoisotopic (exact) mass is 372 g/mol. The van der Waals surface area contributed by atoms with Crippen molar-refractivity contribution in [3.63, 3.8) is 0 Å². The van der Waals surface area contributed by atoms with Gasteiger partial charge in [-0.3, -0.25) is 9.59 Å². The van der Waals surface area contributed by atoms with Crippen LogP contribution in [0.15, 0.2) is 35.3 Å². The van der Waals surface area contributed by atoms with Gasteiger partial charge in [-0.1, -0.05) is 0 Å². The standard InChI is InChI=1S/C19H24N4O4/c1-26-16-6-13(7-17(9-16)27-2)10-20-19(25)14-4-3-5-23(12-14)15-8-18(24)22-21-11-15/h6-9,11,14H,3-5,10,12H2,1-2H3,(H,20,25)(H,22,24)/t14-/m0/s1. The second-order valence-corrected chi connectivity index (χ2v) is 6.53. The lowest BCUT2D eigenvalue weighted by atomic mass is 9.96. The van der Waals surface area contributed by atoms with E-state index in [2.05, 4.69) is 15.5 Å². The number of anilines is 1. The van der Waals surface area contributed by atoms with Gasteiger partial charge in [-0.2, -0.15) is 5.10 Å². The van der Waals surface area contributed by atoms with Crippen LogP contribution in [0.1, 0.15) is 18.4 Å². The molecular weight excluding hydrogens is 348 g/mol. The summed E-state index contributed by atoms with van der Waals surface area (Å²) in [5.74, 6) is 1.23. The fourth-order valence-corrected chi connectivity index (χ4v) is 3.27. The highest BCUT2D eigenvalue weighted by Gasteiger charge is 2.26. The highest BCUT2D eigenvalue weighted by atomic mass is 16.5. The molecule has 1 aliphatic heterocycles. The third kappa shape index (κ3) is 4.78. The van der Waals surface area contributed by atoms with E-state index < -0.39 is 0 Å². The van der Waals surface area contributed by atoms with Crippen molar-refractivity contribution in [2.75, 3.05) is 32.2 Å². The summed E-state index contributed by atoms with van der Waals surface area (Å²) in [6.45, 7) is 1.77. The number of hydrogen-bond donors (Lipinski definition) is 2. The van der Waals surface area contributed by atoms with Gasteiger partial charge in [0.15, 0.2) is 0 Å². The molecule has 1 atom stereocenters. The largest absolute Gasteiger partial charge is 0.497 e. The first kappa shape index (κ1) is 18.8. The summed E-state index contributed by atoms with van der Waals surface area (Å²) in [4.78, 5) is 26.1. The van der Waals surface area contributed by atoms with Gasteiger partial charge in [0.05, 0.1) is 32.0 Å². The van der Waals surface area contributed by atoms with E-state index in [0.29, 0.717) is 24.6 Å². The molecule has 1 amide bonds. The summed E-state index contributed by atoms with van der Waals surface area (Å²) >= 11 is 0. The van der Waals surface area contributed by atoms with Gasteiger partial charge in [-0.25, -0.2) is 5.10 Å². The molecule has 0 radical (unpaired) electrons. The van der Waals surface area contributed by atoms with Crippen LogP contribution in [-0.4, -0.2) is 43.4 Å². The average molecular weight is 372 g/mol. The normalized spacial score (nSPS) is 16.7. The van der Waals surface area contributed by atoms with Gasteiger partial charge in [0.25, 0.3) is 5.56 Å². The molecule has 144 valence electrons. The van der Waals surface area contributed by atoms with Gasteiger partial charge in [0, 0.05) is 31.8 Å². The Bertz CT molecular complexity index is 829. The van der Waals surface area contributed by atoms with Crippen molar-refractivity contribution in [1.82, 2.24) is 15.5 Å². The van der Waals surface area contributed by atoms with Crippen LogP contribution in [0.2, 0.25) is 0 Å². The van der Waals surface area contributed by atoms with Gasteiger partial charge in [-0.05, 0) is 30.5 Å². The lowest BCUT2D eigenvalue weighted by molar-refractivity contribution is -0.125. The lowest BCUT2D eigenvalue weighted by Crippen LogP contribution is -2.43. The predicted molar refractivity (Wildman–Crippen MR) is 101 cm³/mol. The summed E-state index contributed by atoms with van der Waals surface area (Å²) in [7, 11) is 3.19. The molecule has 0 unspecified atom stereocenters. The Morgan fingerprint density at radius 3 is 2.67 bits per heavy atom. The van der Waals surface area contributed by atoms with Crippen molar-refractivity contribution in [1.29, 1.82) is 0 Å². The number of ether oxygens (including phenoxy) is 2. The summed E-state index contributed by atoms with van der Waals surface area (Å²) in [5, 5.41) is 9.20. The maximum atomic E-state index is 12.6. The second kappa shape index (κ2) is 8.57. The molecule has 0 spiro atoms. The Kier molecular flexibility index (Phi) is 5.95. The number of H-pyrrole nitrogens is 1. The van der Waals surface area contributed by atoms with Crippen LogP contribution < -0.4 is 25.2 Å². The Morgan fingerprint density at radius 2 is 2.00 bits per heavy atom. The maximum absolute atomic E-state index is 12.6. The lowest BCUT2D eigenvalue weighted by Gasteiger charge is -2.33. The zero-order valence-corrected chi connectivity index (χ0v) is 15.5. The smallest absolute Gasteiger partial charge is 0.266 e. The summed E-state index contributed by atoms with van der Waals surface area (Å²) in [5.41, 5.74) is 1.41. The van der Waals surface area contributed by atoms with Gasteiger partial charge in [-0.15, -0.1) is 0 Å². The number of carbonyl (C=O) groups excluding carboxylic acids is 1. The highest BCUT2D eigenvalue weighted by molar-refractivity contribution is 5.79. The molecule has 1 aliphatic rings. The maximum Gasteiger partial charge on any atom is 0.266 e. The van der Waals surface area contributed by atoms with Crippen LogP contribution in [0.5, 0.6) is 11.5 Å². The molecule has 0 aliphatic carbocycles. The van der Waals surface area contributed by atoms with E-state index in [4.69, 9.17) is 9.47 Å². The van der Waals surface area contributed by atoms with Crippen LogP contribution in [0.25, 0.3) is 0 Å². The van der Waals surface area contributed by atoms with Crippen molar-refractivity contribution in [3.8, 4) is 11.5 Å². The van der Waals surface area contributed by atoms with E-state index in [0.717, 1.165) is 30.6 Å². The summed E-state index contributed by atoms with van der Waals surface area (Å²) < 4.78 is 10.5. The zero-order chi connectivity index (χ0) is 19.2. The minimum absolute atomic E-state index is 0.000661. The number of hydrogen-bond acceptors (Lipinski definition) is 6. The Labute approximate surface area is 157 Å². The molecule has 0 bridgehead atoms. The van der Waals surface area contributed by atoms with Crippen molar-refractivity contribution in [2.45, 2.75) is 19.4 Å². The minimum Gasteiger partial charge on any atom is -0.497 e. The third-order valence-corrected chi connectivity index (χ3v) is 4.69. The van der Waals surface area contributed by atoms with Crippen LogP contribution in [0, 0.1) is 5.92 Å². The quantitative estimate of drug-likeness (QED) is 0.794. The average Bonchev–Trinajstić information content (AvgIpc) is 2.71. The van der Waals surface area contributed by atoms with Crippen molar-refractivity contribution in [2.24, 2.45) is 5.92 Å². The Hall–Kier alpha value is -3.03. The van der Waals surface area contributed by atoms with E-state index in [-0.39, 0.29) is 17.4 Å². The molecule has 2 heterocycles. The van der Waals surface area contributed by atoms with Crippen molar-refractivity contribution >= 4 is 11.6 Å². The van der Waals surface area contributed by atoms with Crippen LogP contribution in [-0.2, 0) is 11.3 Å². The molecule has 27 heavy (non-hydrogen) atoms. The van der Waals surface area contributed by atoms with Gasteiger partial charge >= 0.3 is 0 Å². The van der Waals surface area contributed by atoms with Crippen LogP contribution in [0.4, 0.5) is 5.69 Å². The fourth-order valence-electron chi connectivity index (χ4n) is 3.27. The second-order valence-electron chi connectivity index (χ2n) is 6.53. The number of carbonyl (C=O) groups is 1. The van der Waals surface area contributed by atoms with Gasteiger partial charge in [0.1, 0.15) is 11.5 Å². The SMILES string of the molecule is COc1cc(CNC(=O)[C@H]2CCCN(c3cn[nH]c(=O)c3)C2)cc(OC)c1. The van der Waals surface area contributed by atoms with E-state index >= 15 is 0 Å². The van der Waals surface area contributed by atoms with Gasteiger partial charge in [0.2, 0.25) is 5.91 Å². The number of piperidine rings is 1.